The molecule has 3 atom stereocenters. The maximum atomic E-state index is 13.0. The van der Waals surface area contributed by atoms with E-state index in [1.54, 1.807) is 11.3 Å². The fourth-order valence-corrected chi connectivity index (χ4v) is 6.50. The second-order valence-electron chi connectivity index (χ2n) is 9.32. The standard InChI is InChI=1S/C26H28N2OS/c29-26(19-8-9-19)28-16-23(21-11-13-30-17-21)24-15-27(12-10-25(24)28)14-20-6-3-5-18-4-1-2-7-22(18)20/h1-7,11,13,17,19,23-25H,8-10,12,14-16H2/t23-,24-,25-/m0/s1. The molecule has 1 saturated carbocycles. The van der Waals surface area contributed by atoms with E-state index in [0.717, 1.165) is 45.4 Å². The maximum absolute atomic E-state index is 13.0. The van der Waals surface area contributed by atoms with Crippen LogP contribution in [0.2, 0.25) is 0 Å². The number of benzene rings is 2. The normalized spacial score (nSPS) is 26.8. The van der Waals surface area contributed by atoms with Gasteiger partial charge in [-0.25, -0.2) is 0 Å². The summed E-state index contributed by atoms with van der Waals surface area (Å²) in [5, 5.41) is 7.18. The Morgan fingerprint density at radius 3 is 2.70 bits per heavy atom. The third-order valence-electron chi connectivity index (χ3n) is 7.47. The molecular formula is C26H28N2OS. The van der Waals surface area contributed by atoms with Gasteiger partial charge in [0, 0.05) is 50.0 Å². The van der Waals surface area contributed by atoms with Gasteiger partial charge >= 0.3 is 0 Å². The first-order chi connectivity index (χ1) is 14.8. The van der Waals surface area contributed by atoms with Crippen molar-refractivity contribution >= 4 is 28.0 Å². The van der Waals surface area contributed by atoms with Crippen molar-refractivity contribution < 1.29 is 4.79 Å². The highest BCUT2D eigenvalue weighted by atomic mass is 32.1. The van der Waals surface area contributed by atoms with Gasteiger partial charge in [0.15, 0.2) is 0 Å². The van der Waals surface area contributed by atoms with E-state index in [-0.39, 0.29) is 0 Å². The topological polar surface area (TPSA) is 23.6 Å². The van der Waals surface area contributed by atoms with Crippen LogP contribution in [0.15, 0.2) is 59.3 Å². The summed E-state index contributed by atoms with van der Waals surface area (Å²) in [6.07, 6.45) is 3.31. The molecule has 3 aliphatic rings. The summed E-state index contributed by atoms with van der Waals surface area (Å²) in [7, 11) is 0. The smallest absolute Gasteiger partial charge is 0.225 e. The van der Waals surface area contributed by atoms with E-state index in [1.165, 1.54) is 21.9 Å². The van der Waals surface area contributed by atoms with E-state index in [0.29, 0.717) is 29.7 Å². The van der Waals surface area contributed by atoms with Crippen molar-refractivity contribution in [1.82, 2.24) is 9.80 Å². The fraction of sp³-hybridized carbons (Fsp3) is 0.423. The van der Waals surface area contributed by atoms with Gasteiger partial charge in [0.2, 0.25) is 5.91 Å². The van der Waals surface area contributed by atoms with Gasteiger partial charge in [-0.2, -0.15) is 11.3 Å². The molecule has 0 spiro atoms. The van der Waals surface area contributed by atoms with Crippen molar-refractivity contribution in [2.45, 2.75) is 37.8 Å². The lowest BCUT2D eigenvalue weighted by Gasteiger charge is -2.39. The Balaban J connectivity index is 1.26. The molecular weight excluding hydrogens is 388 g/mol. The molecule has 6 rings (SSSR count). The molecule has 0 bridgehead atoms. The molecule has 154 valence electrons. The zero-order valence-corrected chi connectivity index (χ0v) is 18.1. The van der Waals surface area contributed by atoms with E-state index in [4.69, 9.17) is 0 Å². The molecule has 2 saturated heterocycles. The molecule has 3 fully saturated rings. The van der Waals surface area contributed by atoms with Crippen LogP contribution in [0, 0.1) is 11.8 Å². The first kappa shape index (κ1) is 18.6. The molecule has 3 heterocycles. The Morgan fingerprint density at radius 1 is 1.00 bits per heavy atom. The number of likely N-dealkylation sites (tertiary alicyclic amines) is 2. The van der Waals surface area contributed by atoms with Crippen LogP contribution in [-0.4, -0.2) is 41.4 Å². The number of fused-ring (bicyclic) bond motifs is 2. The Morgan fingerprint density at radius 2 is 1.87 bits per heavy atom. The van der Waals surface area contributed by atoms with Crippen LogP contribution in [0.5, 0.6) is 0 Å². The minimum absolute atomic E-state index is 0.320. The van der Waals surface area contributed by atoms with Crippen molar-refractivity contribution in [2.24, 2.45) is 11.8 Å². The number of piperidine rings is 1. The second-order valence-corrected chi connectivity index (χ2v) is 10.1. The lowest BCUT2D eigenvalue weighted by molar-refractivity contribution is -0.134. The second kappa shape index (κ2) is 7.51. The average Bonchev–Trinajstić information content (AvgIpc) is 3.36. The van der Waals surface area contributed by atoms with E-state index in [1.807, 2.05) is 0 Å². The summed E-state index contributed by atoms with van der Waals surface area (Å²) in [5.74, 6) is 1.79. The number of carbonyl (C=O) groups excluding carboxylic acids is 1. The van der Waals surface area contributed by atoms with Crippen LogP contribution in [0.1, 0.15) is 36.3 Å². The molecule has 4 heteroatoms. The number of hydrogen-bond donors (Lipinski definition) is 0. The third kappa shape index (κ3) is 3.27. The number of rotatable bonds is 4. The van der Waals surface area contributed by atoms with Gasteiger partial charge in [-0.15, -0.1) is 0 Å². The van der Waals surface area contributed by atoms with E-state index >= 15 is 0 Å². The van der Waals surface area contributed by atoms with E-state index < -0.39 is 0 Å². The molecule has 1 aliphatic carbocycles. The minimum Gasteiger partial charge on any atom is -0.338 e. The van der Waals surface area contributed by atoms with Gasteiger partial charge in [0.1, 0.15) is 0 Å². The molecule has 30 heavy (non-hydrogen) atoms. The molecule has 3 aromatic rings. The largest absolute Gasteiger partial charge is 0.338 e. The van der Waals surface area contributed by atoms with Gasteiger partial charge in [-0.05, 0) is 58.0 Å². The quantitative estimate of drug-likeness (QED) is 0.589. The molecule has 0 unspecified atom stereocenters. The molecule has 3 nitrogen and oxygen atoms in total. The zero-order chi connectivity index (χ0) is 20.1. The molecule has 2 aromatic carbocycles. The number of nitrogens with zero attached hydrogens (tertiary/aromatic N) is 2. The van der Waals surface area contributed by atoms with Crippen LogP contribution in [0.25, 0.3) is 10.8 Å². The molecule has 1 amide bonds. The van der Waals surface area contributed by atoms with Crippen LogP contribution in [0.3, 0.4) is 0 Å². The molecule has 0 radical (unpaired) electrons. The number of amides is 1. The van der Waals surface area contributed by atoms with Gasteiger partial charge in [-0.1, -0.05) is 42.5 Å². The summed E-state index contributed by atoms with van der Waals surface area (Å²) >= 11 is 1.78. The summed E-state index contributed by atoms with van der Waals surface area (Å²) in [4.78, 5) is 17.9. The summed E-state index contributed by atoms with van der Waals surface area (Å²) in [5.41, 5.74) is 2.86. The monoisotopic (exact) mass is 416 g/mol. The maximum Gasteiger partial charge on any atom is 0.225 e. The van der Waals surface area contributed by atoms with Crippen molar-refractivity contribution in [1.29, 1.82) is 0 Å². The van der Waals surface area contributed by atoms with Crippen molar-refractivity contribution in [3.63, 3.8) is 0 Å². The Kier molecular flexibility index (Phi) is 4.65. The predicted molar refractivity (Wildman–Crippen MR) is 123 cm³/mol. The predicted octanol–water partition coefficient (Wildman–Crippen LogP) is 5.13. The molecule has 0 N–H and O–H groups in total. The molecule has 2 aliphatic heterocycles. The lowest BCUT2D eigenvalue weighted by atomic mass is 9.82. The molecule has 1 aromatic heterocycles. The van der Waals surface area contributed by atoms with E-state index in [9.17, 15) is 4.79 Å². The Hall–Kier alpha value is -2.17. The highest BCUT2D eigenvalue weighted by Gasteiger charge is 2.49. The van der Waals surface area contributed by atoms with E-state index in [2.05, 4.69) is 69.1 Å². The van der Waals surface area contributed by atoms with Gasteiger partial charge in [-0.3, -0.25) is 9.69 Å². The SMILES string of the molecule is O=C(C1CC1)N1C[C@@H](c2ccsc2)[C@@H]2CN(Cc3cccc4ccccc34)CC[C@@H]21. The van der Waals surface area contributed by atoms with Crippen LogP contribution in [-0.2, 0) is 11.3 Å². The van der Waals surface area contributed by atoms with Crippen molar-refractivity contribution in [3.05, 3.63) is 70.4 Å². The first-order valence-electron chi connectivity index (χ1n) is 11.3. The Labute approximate surface area is 182 Å². The van der Waals surface area contributed by atoms with Crippen LogP contribution in [0.4, 0.5) is 0 Å². The highest BCUT2D eigenvalue weighted by Crippen LogP contribution is 2.45. The number of hydrogen-bond acceptors (Lipinski definition) is 3. The van der Waals surface area contributed by atoms with Crippen molar-refractivity contribution in [3.8, 4) is 0 Å². The number of thiophene rings is 1. The third-order valence-corrected chi connectivity index (χ3v) is 8.17. The van der Waals surface area contributed by atoms with Gasteiger partial charge < -0.3 is 4.90 Å². The first-order valence-corrected chi connectivity index (χ1v) is 12.2. The summed E-state index contributed by atoms with van der Waals surface area (Å²) in [6, 6.07) is 18.1. The average molecular weight is 417 g/mol. The fourth-order valence-electron chi connectivity index (χ4n) is 5.78. The number of carbonyl (C=O) groups is 1. The van der Waals surface area contributed by atoms with Crippen molar-refractivity contribution in [2.75, 3.05) is 19.6 Å². The van der Waals surface area contributed by atoms with Gasteiger partial charge in [0.25, 0.3) is 0 Å². The van der Waals surface area contributed by atoms with Crippen LogP contribution >= 0.6 is 11.3 Å². The Bertz CT molecular complexity index is 1050. The zero-order valence-electron chi connectivity index (χ0n) is 17.2. The summed E-state index contributed by atoms with van der Waals surface area (Å²) < 4.78 is 0. The van der Waals surface area contributed by atoms with Gasteiger partial charge in [0.05, 0.1) is 0 Å². The summed E-state index contributed by atoms with van der Waals surface area (Å²) in [6.45, 7) is 4.08. The minimum atomic E-state index is 0.320. The lowest BCUT2D eigenvalue weighted by Crippen LogP contribution is -2.48. The highest BCUT2D eigenvalue weighted by molar-refractivity contribution is 7.08. The van der Waals surface area contributed by atoms with Crippen LogP contribution < -0.4 is 0 Å².